The molecule has 0 saturated carbocycles. The number of aliphatic hydroxyl groups excluding tert-OH is 1. The Morgan fingerprint density at radius 3 is 2.74 bits per heavy atom. The van der Waals surface area contributed by atoms with Crippen molar-refractivity contribution in [3.63, 3.8) is 0 Å². The summed E-state index contributed by atoms with van der Waals surface area (Å²) in [6.07, 6.45) is 2.80. The molecular weight excluding hydrogens is 338 g/mol. The molecule has 27 heavy (non-hydrogen) atoms. The minimum Gasteiger partial charge on any atom is -0.492 e. The van der Waals surface area contributed by atoms with Gasteiger partial charge in [0.25, 0.3) is 0 Å². The molecule has 2 aromatic carbocycles. The van der Waals surface area contributed by atoms with Crippen LogP contribution in [0.2, 0.25) is 0 Å². The Labute approximate surface area is 160 Å². The summed E-state index contributed by atoms with van der Waals surface area (Å²) in [4.78, 5) is 2.31. The Balaban J connectivity index is 1.44. The summed E-state index contributed by atoms with van der Waals surface area (Å²) in [5.41, 5.74) is 3.32. The molecule has 4 heteroatoms. The van der Waals surface area contributed by atoms with Crippen LogP contribution in [0.5, 0.6) is 5.75 Å². The maximum Gasteiger partial charge on any atom is 0.123 e. The molecule has 0 spiro atoms. The van der Waals surface area contributed by atoms with E-state index < -0.39 is 6.10 Å². The molecule has 0 bridgehead atoms. The van der Waals surface area contributed by atoms with Crippen LogP contribution in [-0.2, 0) is 19.5 Å². The fourth-order valence-electron chi connectivity index (χ4n) is 3.55. The van der Waals surface area contributed by atoms with Gasteiger partial charge in [-0.25, -0.2) is 0 Å². The average Bonchev–Trinajstić information content (AvgIpc) is 3.12. The van der Waals surface area contributed by atoms with Crippen LogP contribution in [-0.4, -0.2) is 23.2 Å². The molecule has 0 saturated heterocycles. The largest absolute Gasteiger partial charge is 0.492 e. The zero-order valence-electron chi connectivity index (χ0n) is 15.4. The van der Waals surface area contributed by atoms with Crippen LogP contribution in [0.1, 0.15) is 35.0 Å². The van der Waals surface area contributed by atoms with Gasteiger partial charge in [0.2, 0.25) is 0 Å². The summed E-state index contributed by atoms with van der Waals surface area (Å²) in [6, 6.07) is 20.3. The molecule has 1 aromatic heterocycles. The van der Waals surface area contributed by atoms with Gasteiger partial charge in [-0.15, -0.1) is 0 Å². The Hall–Kier alpha value is -2.56. The van der Waals surface area contributed by atoms with E-state index in [1.165, 1.54) is 5.56 Å². The van der Waals surface area contributed by atoms with Gasteiger partial charge in [-0.3, -0.25) is 4.90 Å². The maximum absolute atomic E-state index is 10.7. The third-order valence-corrected chi connectivity index (χ3v) is 5.04. The number of hydrogen-bond acceptors (Lipinski definition) is 4. The van der Waals surface area contributed by atoms with Crippen LogP contribution >= 0.6 is 0 Å². The maximum atomic E-state index is 10.7. The van der Waals surface area contributed by atoms with Gasteiger partial charge in [-0.2, -0.15) is 0 Å². The lowest BCUT2D eigenvalue weighted by molar-refractivity contribution is 0.167. The Kier molecular flexibility index (Phi) is 5.56. The van der Waals surface area contributed by atoms with Crippen molar-refractivity contribution in [1.82, 2.24) is 4.90 Å². The van der Waals surface area contributed by atoms with Gasteiger partial charge < -0.3 is 14.3 Å². The Morgan fingerprint density at radius 2 is 1.93 bits per heavy atom. The van der Waals surface area contributed by atoms with E-state index in [2.05, 4.69) is 23.1 Å². The first-order valence-electron chi connectivity index (χ1n) is 9.50. The predicted molar refractivity (Wildman–Crippen MR) is 104 cm³/mol. The monoisotopic (exact) mass is 363 g/mol. The fourth-order valence-corrected chi connectivity index (χ4v) is 3.55. The quantitative estimate of drug-likeness (QED) is 0.708. The molecule has 1 atom stereocenters. The Bertz CT molecular complexity index is 845. The average molecular weight is 363 g/mol. The number of hydrogen-bond donors (Lipinski definition) is 1. The first-order valence-corrected chi connectivity index (χ1v) is 9.50. The lowest BCUT2D eigenvalue weighted by Gasteiger charge is -2.18. The van der Waals surface area contributed by atoms with Crippen LogP contribution in [0.25, 0.3) is 0 Å². The van der Waals surface area contributed by atoms with Crippen molar-refractivity contribution in [2.24, 2.45) is 0 Å². The van der Waals surface area contributed by atoms with Gasteiger partial charge in [0.1, 0.15) is 18.1 Å². The van der Waals surface area contributed by atoms with E-state index in [0.29, 0.717) is 13.0 Å². The molecular formula is C23H25NO3. The van der Waals surface area contributed by atoms with Crippen molar-refractivity contribution in [1.29, 1.82) is 0 Å². The van der Waals surface area contributed by atoms with Gasteiger partial charge in [-0.05, 0) is 48.2 Å². The molecule has 140 valence electrons. The van der Waals surface area contributed by atoms with Crippen molar-refractivity contribution >= 4 is 0 Å². The molecule has 1 N–H and O–H groups in total. The topological polar surface area (TPSA) is 45.8 Å². The molecule has 4 rings (SSSR count). The number of furan rings is 1. The van der Waals surface area contributed by atoms with Gasteiger partial charge in [0.05, 0.1) is 18.9 Å². The summed E-state index contributed by atoms with van der Waals surface area (Å²) < 4.78 is 11.4. The number of aryl methyl sites for hydroxylation is 1. The van der Waals surface area contributed by atoms with E-state index in [1.807, 2.05) is 42.5 Å². The minimum absolute atomic E-state index is 0.475. The molecule has 0 amide bonds. The summed E-state index contributed by atoms with van der Waals surface area (Å²) in [5.74, 6) is 1.87. The van der Waals surface area contributed by atoms with Crippen LogP contribution < -0.4 is 4.74 Å². The highest BCUT2D eigenvalue weighted by molar-refractivity contribution is 5.38. The van der Waals surface area contributed by atoms with E-state index in [9.17, 15) is 5.11 Å². The van der Waals surface area contributed by atoms with Crippen molar-refractivity contribution in [2.45, 2.75) is 32.0 Å². The molecule has 4 nitrogen and oxygen atoms in total. The van der Waals surface area contributed by atoms with Crippen LogP contribution in [0.3, 0.4) is 0 Å². The van der Waals surface area contributed by atoms with Crippen molar-refractivity contribution in [2.75, 3.05) is 13.2 Å². The first-order chi connectivity index (χ1) is 13.3. The van der Waals surface area contributed by atoms with Crippen LogP contribution in [0, 0.1) is 0 Å². The predicted octanol–water partition coefficient (Wildman–Crippen LogP) is 4.34. The molecule has 3 aromatic rings. The highest BCUT2D eigenvalue weighted by atomic mass is 16.5. The number of nitrogens with zero attached hydrogens (tertiary/aromatic N) is 1. The molecule has 0 radical (unpaired) electrons. The second-order valence-electron chi connectivity index (χ2n) is 7.05. The highest BCUT2D eigenvalue weighted by Gasteiger charge is 2.18. The molecule has 1 aliphatic rings. The standard InChI is InChI=1S/C23H25NO3/c25-22(10-8-18-5-2-1-3-6-18)19-9-11-23-20(15-19)16-24(12-14-27-23)17-21-7-4-13-26-21/h1-7,9,11,13,15,22,25H,8,10,12,14,16-17H2. The van der Waals surface area contributed by atoms with E-state index in [1.54, 1.807) is 6.26 Å². The fraction of sp³-hybridized carbons (Fsp3) is 0.304. The minimum atomic E-state index is -0.475. The van der Waals surface area contributed by atoms with Gasteiger partial charge in [0, 0.05) is 18.7 Å². The van der Waals surface area contributed by atoms with Crippen LogP contribution in [0.15, 0.2) is 71.3 Å². The number of ether oxygens (including phenoxy) is 1. The summed E-state index contributed by atoms with van der Waals surface area (Å²) in [5, 5.41) is 10.7. The molecule has 0 aliphatic carbocycles. The summed E-state index contributed by atoms with van der Waals surface area (Å²) in [6.45, 7) is 3.05. The van der Waals surface area contributed by atoms with E-state index in [0.717, 1.165) is 48.7 Å². The number of benzene rings is 2. The molecule has 2 heterocycles. The van der Waals surface area contributed by atoms with Crippen LogP contribution in [0.4, 0.5) is 0 Å². The Morgan fingerprint density at radius 1 is 1.04 bits per heavy atom. The smallest absolute Gasteiger partial charge is 0.123 e. The number of fused-ring (bicyclic) bond motifs is 1. The normalized spacial score (nSPS) is 15.6. The van der Waals surface area contributed by atoms with E-state index >= 15 is 0 Å². The second-order valence-corrected chi connectivity index (χ2v) is 7.05. The lowest BCUT2D eigenvalue weighted by atomic mass is 9.99. The third-order valence-electron chi connectivity index (χ3n) is 5.04. The van der Waals surface area contributed by atoms with Gasteiger partial charge in [0.15, 0.2) is 0 Å². The van der Waals surface area contributed by atoms with Gasteiger partial charge in [-0.1, -0.05) is 36.4 Å². The van der Waals surface area contributed by atoms with Crippen molar-refractivity contribution < 1.29 is 14.3 Å². The summed E-state index contributed by atoms with van der Waals surface area (Å²) >= 11 is 0. The molecule has 1 unspecified atom stereocenters. The number of aliphatic hydroxyl groups is 1. The molecule has 1 aliphatic heterocycles. The third kappa shape index (κ3) is 4.59. The lowest BCUT2D eigenvalue weighted by Crippen LogP contribution is -2.25. The summed E-state index contributed by atoms with van der Waals surface area (Å²) in [7, 11) is 0. The highest BCUT2D eigenvalue weighted by Crippen LogP contribution is 2.29. The van der Waals surface area contributed by atoms with Gasteiger partial charge >= 0.3 is 0 Å². The molecule has 0 fully saturated rings. The SMILES string of the molecule is OC(CCc1ccccc1)c1ccc2c(c1)CN(Cc1ccco1)CCO2. The second kappa shape index (κ2) is 8.42. The van der Waals surface area contributed by atoms with Crippen molar-refractivity contribution in [3.8, 4) is 5.75 Å². The zero-order valence-corrected chi connectivity index (χ0v) is 15.4. The van der Waals surface area contributed by atoms with E-state index in [-0.39, 0.29) is 0 Å². The first kappa shape index (κ1) is 17.8. The van der Waals surface area contributed by atoms with E-state index in [4.69, 9.17) is 9.15 Å². The number of rotatable bonds is 6. The zero-order chi connectivity index (χ0) is 18.5. The van der Waals surface area contributed by atoms with Crippen molar-refractivity contribution in [3.05, 3.63) is 89.4 Å².